The number of imidazole rings is 1. The average Bonchev–Trinajstić information content (AvgIpc) is 3.46. The highest BCUT2D eigenvalue weighted by molar-refractivity contribution is 6.01. The van der Waals surface area contributed by atoms with Crippen molar-refractivity contribution in [3.05, 3.63) is 53.9 Å². The number of H-pyrrole nitrogens is 1. The molecule has 2 aromatic carbocycles. The van der Waals surface area contributed by atoms with Crippen LogP contribution in [-0.2, 0) is 6.42 Å². The number of nitrogens with one attached hydrogen (secondary N) is 1. The van der Waals surface area contributed by atoms with Crippen molar-refractivity contribution >= 4 is 16.9 Å². The predicted octanol–water partition coefficient (Wildman–Crippen LogP) is 4.47. The molecule has 1 aliphatic heterocycles. The quantitative estimate of drug-likeness (QED) is 0.545. The van der Waals surface area contributed by atoms with Crippen LogP contribution >= 0.6 is 0 Å². The Hall–Kier alpha value is -3.48. The Balaban J connectivity index is 1.62. The molecule has 2 aromatic heterocycles. The smallest absolute Gasteiger partial charge is 0.254 e. The molecule has 0 unspecified atom stereocenters. The van der Waals surface area contributed by atoms with Crippen LogP contribution < -0.4 is 0 Å². The van der Waals surface area contributed by atoms with Gasteiger partial charge in [0, 0.05) is 30.6 Å². The Morgan fingerprint density at radius 1 is 1.10 bits per heavy atom. The first-order chi connectivity index (χ1) is 14.7. The molecule has 4 aromatic rings. The zero-order chi connectivity index (χ0) is 20.5. The van der Waals surface area contributed by atoms with Crippen molar-refractivity contribution in [3.63, 3.8) is 0 Å². The Labute approximate surface area is 174 Å². The lowest BCUT2D eigenvalue weighted by molar-refractivity contribution is 0.0725. The number of piperidine rings is 1. The summed E-state index contributed by atoms with van der Waals surface area (Å²) in [5.41, 5.74) is 3.98. The van der Waals surface area contributed by atoms with E-state index in [1.807, 2.05) is 54.3 Å². The lowest BCUT2D eigenvalue weighted by Crippen LogP contribution is -2.35. The van der Waals surface area contributed by atoms with Gasteiger partial charge in [0.15, 0.2) is 0 Å². The monoisotopic (exact) mass is 401 g/mol. The van der Waals surface area contributed by atoms with E-state index in [9.17, 15) is 4.79 Å². The van der Waals surface area contributed by atoms with Gasteiger partial charge < -0.3 is 14.4 Å². The van der Waals surface area contributed by atoms with Crippen LogP contribution in [0, 0.1) is 0 Å². The highest BCUT2D eigenvalue weighted by Crippen LogP contribution is 2.30. The van der Waals surface area contributed by atoms with Crippen molar-refractivity contribution in [2.24, 2.45) is 0 Å². The number of para-hydroxylation sites is 2. The summed E-state index contributed by atoms with van der Waals surface area (Å²) in [7, 11) is 0. The largest absolute Gasteiger partial charge is 0.339 e. The molecule has 1 saturated heterocycles. The predicted molar refractivity (Wildman–Crippen MR) is 114 cm³/mol. The van der Waals surface area contributed by atoms with Gasteiger partial charge >= 0.3 is 0 Å². The molecular formula is C23H23N5O2. The summed E-state index contributed by atoms with van der Waals surface area (Å²) in [5.74, 6) is 1.81. The summed E-state index contributed by atoms with van der Waals surface area (Å²) in [6.07, 6.45) is 3.95. The molecule has 1 amide bonds. The first-order valence-electron chi connectivity index (χ1n) is 10.4. The number of aryl methyl sites for hydroxylation is 1. The first kappa shape index (κ1) is 18.5. The number of fused-ring (bicyclic) bond motifs is 1. The minimum atomic E-state index is 0.0408. The van der Waals surface area contributed by atoms with Crippen LogP contribution in [0.15, 0.2) is 47.0 Å². The first-order valence-corrected chi connectivity index (χ1v) is 10.4. The number of aromatic amines is 1. The Morgan fingerprint density at radius 2 is 1.93 bits per heavy atom. The van der Waals surface area contributed by atoms with E-state index >= 15 is 0 Å². The van der Waals surface area contributed by atoms with Gasteiger partial charge in [0.1, 0.15) is 5.82 Å². The van der Waals surface area contributed by atoms with Crippen LogP contribution in [-0.4, -0.2) is 44.0 Å². The summed E-state index contributed by atoms with van der Waals surface area (Å²) < 4.78 is 5.27. The number of nitrogens with zero attached hydrogens (tertiary/aromatic N) is 4. The molecule has 7 heteroatoms. The van der Waals surface area contributed by atoms with E-state index in [-0.39, 0.29) is 5.91 Å². The number of carbonyl (C=O) groups is 1. The van der Waals surface area contributed by atoms with E-state index in [2.05, 4.69) is 15.1 Å². The number of benzene rings is 2. The van der Waals surface area contributed by atoms with E-state index in [1.165, 1.54) is 6.42 Å². The summed E-state index contributed by atoms with van der Waals surface area (Å²) in [4.78, 5) is 27.8. The highest BCUT2D eigenvalue weighted by Gasteiger charge is 2.23. The van der Waals surface area contributed by atoms with Gasteiger partial charge in [-0.05, 0) is 43.5 Å². The fourth-order valence-electron chi connectivity index (χ4n) is 3.93. The van der Waals surface area contributed by atoms with Crippen molar-refractivity contribution in [3.8, 4) is 22.8 Å². The van der Waals surface area contributed by atoms with Gasteiger partial charge in [-0.1, -0.05) is 30.3 Å². The minimum Gasteiger partial charge on any atom is -0.339 e. The summed E-state index contributed by atoms with van der Waals surface area (Å²) in [6, 6.07) is 13.5. The van der Waals surface area contributed by atoms with Gasteiger partial charge in [0.05, 0.1) is 16.6 Å². The number of hydrogen-bond acceptors (Lipinski definition) is 5. The topological polar surface area (TPSA) is 87.9 Å². The van der Waals surface area contributed by atoms with Crippen LogP contribution in [0.5, 0.6) is 0 Å². The second-order valence-electron chi connectivity index (χ2n) is 7.58. The Bertz CT molecular complexity index is 1170. The fourth-order valence-corrected chi connectivity index (χ4v) is 3.93. The van der Waals surface area contributed by atoms with Crippen molar-refractivity contribution in [2.75, 3.05) is 13.1 Å². The van der Waals surface area contributed by atoms with E-state index in [4.69, 9.17) is 9.51 Å². The second kappa shape index (κ2) is 7.74. The third kappa shape index (κ3) is 3.36. The van der Waals surface area contributed by atoms with Crippen molar-refractivity contribution in [1.82, 2.24) is 25.0 Å². The molecule has 0 atom stereocenters. The highest BCUT2D eigenvalue weighted by atomic mass is 16.5. The molecule has 30 heavy (non-hydrogen) atoms. The zero-order valence-electron chi connectivity index (χ0n) is 16.9. The van der Waals surface area contributed by atoms with Gasteiger partial charge in [-0.2, -0.15) is 4.98 Å². The van der Waals surface area contributed by atoms with Gasteiger partial charge in [0.25, 0.3) is 5.91 Å². The summed E-state index contributed by atoms with van der Waals surface area (Å²) in [6.45, 7) is 3.56. The number of hydrogen-bond donors (Lipinski definition) is 1. The van der Waals surface area contributed by atoms with E-state index in [0.29, 0.717) is 29.5 Å². The van der Waals surface area contributed by atoms with Gasteiger partial charge in [-0.3, -0.25) is 4.79 Å². The maximum Gasteiger partial charge on any atom is 0.254 e. The van der Waals surface area contributed by atoms with Crippen molar-refractivity contribution < 1.29 is 9.32 Å². The van der Waals surface area contributed by atoms with Gasteiger partial charge in [-0.25, -0.2) is 4.98 Å². The molecular weight excluding hydrogens is 378 g/mol. The molecule has 152 valence electrons. The second-order valence-corrected chi connectivity index (χ2v) is 7.58. The van der Waals surface area contributed by atoms with E-state index in [1.54, 1.807) is 0 Å². The fraction of sp³-hybridized carbons (Fsp3) is 0.304. The van der Waals surface area contributed by atoms with Crippen molar-refractivity contribution in [1.29, 1.82) is 0 Å². The number of aromatic nitrogens is 4. The van der Waals surface area contributed by atoms with E-state index in [0.717, 1.165) is 48.1 Å². The van der Waals surface area contributed by atoms with Crippen LogP contribution in [0.3, 0.4) is 0 Å². The number of rotatable bonds is 4. The molecule has 0 spiro atoms. The maximum absolute atomic E-state index is 13.3. The maximum atomic E-state index is 13.3. The Morgan fingerprint density at radius 3 is 2.70 bits per heavy atom. The van der Waals surface area contributed by atoms with Gasteiger partial charge in [-0.15, -0.1) is 0 Å². The number of carbonyl (C=O) groups excluding carboxylic acids is 1. The SMILES string of the molecule is CCc1nc(-c2ccc(C(=O)N3CCCCC3)c(-c3nc4ccccc4[nH]3)c2)no1. The molecule has 0 aliphatic carbocycles. The normalized spacial score (nSPS) is 14.4. The minimum absolute atomic E-state index is 0.0408. The van der Waals surface area contributed by atoms with Gasteiger partial charge in [0.2, 0.25) is 11.7 Å². The third-order valence-corrected chi connectivity index (χ3v) is 5.57. The lowest BCUT2D eigenvalue weighted by Gasteiger charge is -2.27. The molecule has 0 radical (unpaired) electrons. The van der Waals surface area contributed by atoms with E-state index < -0.39 is 0 Å². The van der Waals surface area contributed by atoms with Crippen LogP contribution in [0.2, 0.25) is 0 Å². The summed E-state index contributed by atoms with van der Waals surface area (Å²) in [5, 5.41) is 4.09. The number of likely N-dealkylation sites (tertiary alicyclic amines) is 1. The molecule has 1 N–H and O–H groups in total. The molecule has 7 nitrogen and oxygen atoms in total. The number of amides is 1. The average molecular weight is 401 g/mol. The molecule has 3 heterocycles. The zero-order valence-corrected chi connectivity index (χ0v) is 16.9. The molecule has 0 bridgehead atoms. The van der Waals surface area contributed by atoms with Crippen LogP contribution in [0.1, 0.15) is 42.4 Å². The third-order valence-electron chi connectivity index (χ3n) is 5.57. The lowest BCUT2D eigenvalue weighted by atomic mass is 10.0. The van der Waals surface area contributed by atoms with Crippen LogP contribution in [0.25, 0.3) is 33.8 Å². The molecule has 1 aliphatic rings. The summed E-state index contributed by atoms with van der Waals surface area (Å²) >= 11 is 0. The standard InChI is InChI=1S/C23H23N5O2/c1-2-20-26-21(27-30-20)15-10-11-16(23(29)28-12-6-3-7-13-28)17(14-15)22-24-18-8-4-5-9-19(18)25-22/h4-5,8-11,14H,2-3,6-7,12-13H2,1H3,(H,24,25). The molecule has 5 rings (SSSR count). The van der Waals surface area contributed by atoms with Crippen molar-refractivity contribution in [2.45, 2.75) is 32.6 Å². The Kier molecular flexibility index (Phi) is 4.78. The van der Waals surface area contributed by atoms with Crippen LogP contribution in [0.4, 0.5) is 0 Å². The molecule has 0 saturated carbocycles. The molecule has 1 fully saturated rings.